The van der Waals surface area contributed by atoms with E-state index in [9.17, 15) is 4.79 Å². The molecule has 0 spiro atoms. The first-order valence-corrected chi connectivity index (χ1v) is 11.0. The average molecular weight is 443 g/mol. The molecule has 0 aliphatic heterocycles. The number of nitrogens with zero attached hydrogens (tertiary/aromatic N) is 3. The lowest BCUT2D eigenvalue weighted by Gasteiger charge is -2.09. The van der Waals surface area contributed by atoms with Crippen molar-refractivity contribution in [3.8, 4) is 0 Å². The van der Waals surface area contributed by atoms with Crippen molar-refractivity contribution in [3.05, 3.63) is 95.8 Å². The van der Waals surface area contributed by atoms with Crippen LogP contribution >= 0.6 is 11.8 Å². The number of hydrogen-bond acceptors (Lipinski definition) is 7. The molecule has 4 N–H and O–H groups in total. The number of para-hydroxylation sites is 2. The maximum Gasteiger partial charge on any atom is 0.255 e. The molecule has 0 unspecified atom stereocenters. The Bertz CT molecular complexity index is 1230. The van der Waals surface area contributed by atoms with Gasteiger partial charge in [0.2, 0.25) is 0 Å². The fourth-order valence-electron chi connectivity index (χ4n) is 2.92. The zero-order valence-corrected chi connectivity index (χ0v) is 18.3. The lowest BCUT2D eigenvalue weighted by molar-refractivity contribution is 0.102. The maximum absolute atomic E-state index is 12.5. The Hall–Kier alpha value is -3.91. The summed E-state index contributed by atoms with van der Waals surface area (Å²) in [4.78, 5) is 25.7. The van der Waals surface area contributed by atoms with Crippen molar-refractivity contribution in [2.45, 2.75) is 17.8 Å². The number of rotatable bonds is 7. The van der Waals surface area contributed by atoms with Crippen LogP contribution in [-0.2, 0) is 5.75 Å². The van der Waals surface area contributed by atoms with Crippen molar-refractivity contribution in [1.82, 2.24) is 15.0 Å². The highest BCUT2D eigenvalue weighted by atomic mass is 32.2. The van der Waals surface area contributed by atoms with Crippen LogP contribution < -0.4 is 16.4 Å². The minimum Gasteiger partial charge on any atom is -0.397 e. The van der Waals surface area contributed by atoms with Crippen LogP contribution in [-0.4, -0.2) is 20.9 Å². The van der Waals surface area contributed by atoms with Gasteiger partial charge in [-0.15, -0.1) is 0 Å². The van der Waals surface area contributed by atoms with Crippen LogP contribution in [0, 0.1) is 6.92 Å². The van der Waals surface area contributed by atoms with Gasteiger partial charge in [-0.05, 0) is 54.4 Å². The molecule has 2 aromatic heterocycles. The molecule has 1 amide bonds. The van der Waals surface area contributed by atoms with E-state index in [0.717, 1.165) is 16.9 Å². The molecule has 0 saturated heterocycles. The van der Waals surface area contributed by atoms with Gasteiger partial charge in [-0.3, -0.25) is 4.79 Å². The summed E-state index contributed by atoms with van der Waals surface area (Å²) in [7, 11) is 0. The standard InChI is InChI=1S/C24H22N6OS/c1-16-5-4-13-26-22(16)29-21-12-14-27-24(30-21)32-15-17-8-10-18(11-9-17)23(31)28-20-7-3-2-6-19(20)25/h2-14H,15,25H2,1H3,(H,28,31)(H,26,27,29,30). The van der Waals surface area contributed by atoms with Crippen molar-refractivity contribution >= 4 is 40.7 Å². The molecule has 0 fully saturated rings. The molecule has 0 saturated carbocycles. The number of nitrogens with one attached hydrogen (secondary N) is 2. The first kappa shape index (κ1) is 21.3. The lowest BCUT2D eigenvalue weighted by atomic mass is 10.1. The van der Waals surface area contributed by atoms with Gasteiger partial charge < -0.3 is 16.4 Å². The number of aromatic nitrogens is 3. The van der Waals surface area contributed by atoms with Gasteiger partial charge in [-0.2, -0.15) is 0 Å². The molecular formula is C24H22N6OS. The minimum absolute atomic E-state index is 0.200. The monoisotopic (exact) mass is 442 g/mol. The van der Waals surface area contributed by atoms with Crippen molar-refractivity contribution in [1.29, 1.82) is 0 Å². The molecule has 8 heteroatoms. The van der Waals surface area contributed by atoms with E-state index >= 15 is 0 Å². The first-order chi connectivity index (χ1) is 15.6. The summed E-state index contributed by atoms with van der Waals surface area (Å²) >= 11 is 1.52. The third-order valence-electron chi connectivity index (χ3n) is 4.68. The van der Waals surface area contributed by atoms with Crippen LogP contribution in [0.1, 0.15) is 21.5 Å². The molecule has 2 heterocycles. The Morgan fingerprint density at radius 3 is 2.56 bits per heavy atom. The smallest absolute Gasteiger partial charge is 0.255 e. The van der Waals surface area contributed by atoms with Crippen LogP contribution in [0.25, 0.3) is 0 Å². The van der Waals surface area contributed by atoms with Crippen LogP contribution in [0.3, 0.4) is 0 Å². The van der Waals surface area contributed by atoms with Crippen molar-refractivity contribution in [2.24, 2.45) is 0 Å². The number of anilines is 4. The van der Waals surface area contributed by atoms with Crippen molar-refractivity contribution < 1.29 is 4.79 Å². The second-order valence-corrected chi connectivity index (χ2v) is 7.99. The van der Waals surface area contributed by atoms with E-state index in [4.69, 9.17) is 5.73 Å². The van der Waals surface area contributed by atoms with Crippen LogP contribution in [0.5, 0.6) is 0 Å². The largest absolute Gasteiger partial charge is 0.397 e. The zero-order valence-electron chi connectivity index (χ0n) is 17.4. The Morgan fingerprint density at radius 2 is 1.78 bits per heavy atom. The van der Waals surface area contributed by atoms with Crippen molar-refractivity contribution in [3.63, 3.8) is 0 Å². The lowest BCUT2D eigenvalue weighted by Crippen LogP contribution is -2.13. The number of benzene rings is 2. The van der Waals surface area contributed by atoms with E-state index in [0.29, 0.717) is 33.7 Å². The predicted octanol–water partition coefficient (Wildman–Crippen LogP) is 5.05. The molecule has 7 nitrogen and oxygen atoms in total. The predicted molar refractivity (Wildman–Crippen MR) is 129 cm³/mol. The number of thioether (sulfide) groups is 1. The molecule has 0 atom stereocenters. The number of nitrogens with two attached hydrogens (primary N) is 1. The van der Waals surface area contributed by atoms with Gasteiger partial charge in [-0.1, -0.05) is 42.1 Å². The van der Waals surface area contributed by atoms with Gasteiger partial charge in [-0.25, -0.2) is 15.0 Å². The Kier molecular flexibility index (Phi) is 6.62. The second kappa shape index (κ2) is 9.93. The third kappa shape index (κ3) is 5.41. The van der Waals surface area contributed by atoms with Crippen LogP contribution in [0.4, 0.5) is 23.0 Å². The molecule has 2 aromatic carbocycles. The number of aryl methyl sites for hydroxylation is 1. The summed E-state index contributed by atoms with van der Waals surface area (Å²) < 4.78 is 0. The molecule has 32 heavy (non-hydrogen) atoms. The Labute approximate surface area is 190 Å². The van der Waals surface area contributed by atoms with Gasteiger partial charge in [0, 0.05) is 23.7 Å². The van der Waals surface area contributed by atoms with E-state index < -0.39 is 0 Å². The summed E-state index contributed by atoms with van der Waals surface area (Å²) in [5.74, 6) is 1.94. The number of carbonyl (C=O) groups is 1. The summed E-state index contributed by atoms with van der Waals surface area (Å²) in [6.45, 7) is 1.99. The fourth-order valence-corrected chi connectivity index (χ4v) is 3.71. The molecule has 0 aliphatic rings. The molecule has 160 valence electrons. The van der Waals surface area contributed by atoms with Gasteiger partial charge in [0.05, 0.1) is 11.4 Å². The fraction of sp³-hybridized carbons (Fsp3) is 0.0833. The Balaban J connectivity index is 1.36. The third-order valence-corrected chi connectivity index (χ3v) is 5.62. The SMILES string of the molecule is Cc1cccnc1Nc1ccnc(SCc2ccc(C(=O)Nc3ccccc3N)cc2)n1. The summed E-state index contributed by atoms with van der Waals surface area (Å²) in [6.07, 6.45) is 3.46. The van der Waals surface area contributed by atoms with Gasteiger partial charge >= 0.3 is 0 Å². The van der Waals surface area contributed by atoms with E-state index in [-0.39, 0.29) is 5.91 Å². The average Bonchev–Trinajstić information content (AvgIpc) is 2.81. The molecule has 4 rings (SSSR count). The van der Waals surface area contributed by atoms with Gasteiger partial charge in [0.1, 0.15) is 11.6 Å². The summed E-state index contributed by atoms with van der Waals surface area (Å²) in [5, 5.41) is 6.72. The van der Waals surface area contributed by atoms with Gasteiger partial charge in [0.15, 0.2) is 5.16 Å². The molecule has 0 bridgehead atoms. The van der Waals surface area contributed by atoms with Gasteiger partial charge in [0.25, 0.3) is 5.91 Å². The topological polar surface area (TPSA) is 106 Å². The maximum atomic E-state index is 12.5. The molecule has 0 aliphatic carbocycles. The van der Waals surface area contributed by atoms with E-state index in [1.54, 1.807) is 36.7 Å². The highest BCUT2D eigenvalue weighted by Gasteiger charge is 2.09. The highest BCUT2D eigenvalue weighted by molar-refractivity contribution is 7.98. The number of amides is 1. The molecule has 4 aromatic rings. The minimum atomic E-state index is -0.200. The molecular weight excluding hydrogens is 420 g/mol. The Morgan fingerprint density at radius 1 is 0.969 bits per heavy atom. The zero-order chi connectivity index (χ0) is 22.3. The van der Waals surface area contributed by atoms with Crippen LogP contribution in [0.2, 0.25) is 0 Å². The van der Waals surface area contributed by atoms with Crippen molar-refractivity contribution in [2.75, 3.05) is 16.4 Å². The second-order valence-electron chi connectivity index (χ2n) is 7.05. The number of carbonyl (C=O) groups excluding carboxylic acids is 1. The van der Waals surface area contributed by atoms with E-state index in [2.05, 4.69) is 25.6 Å². The number of hydrogen-bond donors (Lipinski definition) is 3. The first-order valence-electron chi connectivity index (χ1n) is 9.98. The number of pyridine rings is 1. The highest BCUT2D eigenvalue weighted by Crippen LogP contribution is 2.23. The normalized spacial score (nSPS) is 10.5. The summed E-state index contributed by atoms with van der Waals surface area (Å²) in [6, 6.07) is 20.3. The molecule has 0 radical (unpaired) electrons. The van der Waals surface area contributed by atoms with E-state index in [1.165, 1.54) is 11.8 Å². The number of nitrogen functional groups attached to an aromatic ring is 1. The summed E-state index contributed by atoms with van der Waals surface area (Å²) in [5.41, 5.74) is 9.69. The van der Waals surface area contributed by atoms with Crippen LogP contribution in [0.15, 0.2) is 84.3 Å². The van der Waals surface area contributed by atoms with E-state index in [1.807, 2.05) is 49.4 Å². The quantitative estimate of drug-likeness (QED) is 0.209.